The normalized spacial score (nSPS) is 19.7. The number of rotatable bonds is 4. The first-order valence-corrected chi connectivity index (χ1v) is 5.32. The average Bonchev–Trinajstić information content (AvgIpc) is 2.22. The van der Waals surface area contributed by atoms with Gasteiger partial charge in [0, 0.05) is 13.1 Å². The number of nitrogens with zero attached hydrogens (tertiary/aromatic N) is 2. The Morgan fingerprint density at radius 2 is 1.73 bits per heavy atom. The van der Waals surface area contributed by atoms with Gasteiger partial charge in [-0.1, -0.05) is 6.92 Å². The van der Waals surface area contributed by atoms with E-state index in [9.17, 15) is 14.7 Å². The van der Waals surface area contributed by atoms with E-state index >= 15 is 0 Å². The van der Waals surface area contributed by atoms with Crippen LogP contribution in [0.2, 0.25) is 0 Å². The number of β-amino-alcohol motifs (C(OH)–C–C–N with tert-alkyl or cyclic N) is 1. The third-order valence-corrected chi connectivity index (χ3v) is 2.64. The molecule has 0 spiro atoms. The quantitative estimate of drug-likeness (QED) is 0.683. The van der Waals surface area contributed by atoms with E-state index in [1.807, 2.05) is 13.8 Å². The van der Waals surface area contributed by atoms with Crippen LogP contribution in [0.15, 0.2) is 0 Å². The lowest BCUT2D eigenvalue weighted by Crippen LogP contribution is -2.55. The molecule has 0 saturated carbocycles. The predicted molar refractivity (Wildman–Crippen MR) is 55.1 cm³/mol. The van der Waals surface area contributed by atoms with Crippen molar-refractivity contribution >= 4 is 11.8 Å². The summed E-state index contributed by atoms with van der Waals surface area (Å²) in [6, 6.07) is 0. The van der Waals surface area contributed by atoms with Gasteiger partial charge in [0.25, 0.3) is 0 Å². The predicted octanol–water partition coefficient (Wildman–Crippen LogP) is -0.552. The monoisotopic (exact) mass is 214 g/mol. The highest BCUT2D eigenvalue weighted by atomic mass is 16.3. The highest BCUT2D eigenvalue weighted by Crippen LogP contribution is 2.06. The van der Waals surface area contributed by atoms with Crippen LogP contribution in [0, 0.1) is 0 Å². The molecule has 0 aliphatic carbocycles. The van der Waals surface area contributed by atoms with Crippen molar-refractivity contribution < 1.29 is 14.7 Å². The molecule has 1 saturated heterocycles. The third-order valence-electron chi connectivity index (χ3n) is 2.64. The molecule has 1 unspecified atom stereocenters. The van der Waals surface area contributed by atoms with Crippen molar-refractivity contribution in [2.75, 3.05) is 26.2 Å². The summed E-state index contributed by atoms with van der Waals surface area (Å²) in [7, 11) is 0. The SMILES string of the molecule is CCC(O)CN1CC(=O)N(CC)CC1=O. The van der Waals surface area contributed by atoms with E-state index in [4.69, 9.17) is 0 Å². The molecule has 1 fully saturated rings. The van der Waals surface area contributed by atoms with Crippen LogP contribution in [0.25, 0.3) is 0 Å². The molecular formula is C10H18N2O3. The number of piperazine rings is 1. The zero-order valence-electron chi connectivity index (χ0n) is 9.27. The van der Waals surface area contributed by atoms with Crippen molar-refractivity contribution in [2.24, 2.45) is 0 Å². The molecule has 0 aromatic rings. The van der Waals surface area contributed by atoms with Crippen LogP contribution >= 0.6 is 0 Å². The van der Waals surface area contributed by atoms with Gasteiger partial charge in [-0.05, 0) is 13.3 Å². The lowest BCUT2D eigenvalue weighted by Gasteiger charge is -2.34. The summed E-state index contributed by atoms with van der Waals surface area (Å²) in [5.74, 6) is -0.121. The first-order chi connectivity index (χ1) is 7.08. The number of aliphatic hydroxyl groups is 1. The fourth-order valence-corrected chi connectivity index (χ4v) is 1.54. The number of aliphatic hydroxyl groups excluding tert-OH is 1. The molecule has 1 atom stereocenters. The van der Waals surface area contributed by atoms with Crippen LogP contribution in [0.5, 0.6) is 0 Å². The molecule has 1 N–H and O–H groups in total. The molecule has 1 heterocycles. The number of hydrogen-bond donors (Lipinski definition) is 1. The van der Waals surface area contributed by atoms with Crippen molar-refractivity contribution in [2.45, 2.75) is 26.4 Å². The van der Waals surface area contributed by atoms with Gasteiger partial charge in [-0.15, -0.1) is 0 Å². The fraction of sp³-hybridized carbons (Fsp3) is 0.800. The second-order valence-corrected chi connectivity index (χ2v) is 3.74. The van der Waals surface area contributed by atoms with Crippen LogP contribution in [-0.2, 0) is 9.59 Å². The second-order valence-electron chi connectivity index (χ2n) is 3.74. The van der Waals surface area contributed by atoms with E-state index in [1.165, 1.54) is 9.80 Å². The molecule has 15 heavy (non-hydrogen) atoms. The van der Waals surface area contributed by atoms with Crippen LogP contribution in [0.1, 0.15) is 20.3 Å². The first-order valence-electron chi connectivity index (χ1n) is 5.32. The molecular weight excluding hydrogens is 196 g/mol. The van der Waals surface area contributed by atoms with Crippen LogP contribution < -0.4 is 0 Å². The number of carbonyl (C=O) groups excluding carboxylic acids is 2. The van der Waals surface area contributed by atoms with Crippen molar-refractivity contribution in [3.63, 3.8) is 0 Å². The first kappa shape index (κ1) is 12.0. The fourth-order valence-electron chi connectivity index (χ4n) is 1.54. The summed E-state index contributed by atoms with van der Waals surface area (Å²) in [5, 5.41) is 9.42. The van der Waals surface area contributed by atoms with Gasteiger partial charge in [0.2, 0.25) is 11.8 Å². The lowest BCUT2D eigenvalue weighted by atomic mass is 10.2. The number of carbonyl (C=O) groups is 2. The molecule has 86 valence electrons. The van der Waals surface area contributed by atoms with Crippen molar-refractivity contribution in [3.8, 4) is 0 Å². The highest BCUT2D eigenvalue weighted by molar-refractivity contribution is 5.92. The van der Waals surface area contributed by atoms with E-state index < -0.39 is 6.10 Å². The summed E-state index contributed by atoms with van der Waals surface area (Å²) in [6.45, 7) is 4.77. The number of likely N-dealkylation sites (N-methyl/N-ethyl adjacent to an activating group) is 1. The zero-order chi connectivity index (χ0) is 11.4. The molecule has 5 nitrogen and oxygen atoms in total. The van der Waals surface area contributed by atoms with E-state index in [2.05, 4.69) is 0 Å². The van der Waals surface area contributed by atoms with Gasteiger partial charge in [0.15, 0.2) is 0 Å². The minimum Gasteiger partial charge on any atom is -0.391 e. The Labute approximate surface area is 89.7 Å². The standard InChI is InChI=1S/C10H18N2O3/c1-3-8(13)5-12-7-9(14)11(4-2)6-10(12)15/h8,13H,3-7H2,1-2H3. The van der Waals surface area contributed by atoms with E-state index in [-0.39, 0.29) is 31.4 Å². The van der Waals surface area contributed by atoms with Crippen LogP contribution in [0.3, 0.4) is 0 Å². The topological polar surface area (TPSA) is 60.9 Å². The molecule has 0 radical (unpaired) electrons. The second kappa shape index (κ2) is 5.11. The van der Waals surface area contributed by atoms with Crippen molar-refractivity contribution in [3.05, 3.63) is 0 Å². The maximum atomic E-state index is 11.6. The highest BCUT2D eigenvalue weighted by Gasteiger charge is 2.29. The molecule has 0 bridgehead atoms. The number of amides is 2. The summed E-state index contributed by atoms with van der Waals surface area (Å²) in [4.78, 5) is 26.0. The Balaban J connectivity index is 2.55. The minimum absolute atomic E-state index is 0.0413. The van der Waals surface area contributed by atoms with Crippen molar-refractivity contribution in [1.29, 1.82) is 0 Å². The van der Waals surface area contributed by atoms with E-state index in [1.54, 1.807) is 0 Å². The Morgan fingerprint density at radius 3 is 2.27 bits per heavy atom. The van der Waals surface area contributed by atoms with Gasteiger partial charge in [0.05, 0.1) is 19.2 Å². The average molecular weight is 214 g/mol. The van der Waals surface area contributed by atoms with Gasteiger partial charge >= 0.3 is 0 Å². The van der Waals surface area contributed by atoms with Crippen LogP contribution in [0.4, 0.5) is 0 Å². The Morgan fingerprint density at radius 1 is 1.20 bits per heavy atom. The summed E-state index contributed by atoms with van der Waals surface area (Å²) >= 11 is 0. The van der Waals surface area contributed by atoms with Crippen LogP contribution in [-0.4, -0.2) is 59.0 Å². The molecule has 0 aromatic heterocycles. The van der Waals surface area contributed by atoms with Crippen molar-refractivity contribution in [1.82, 2.24) is 9.80 Å². The number of hydrogen-bond acceptors (Lipinski definition) is 3. The molecule has 1 rings (SSSR count). The Kier molecular flexibility index (Phi) is 4.08. The third kappa shape index (κ3) is 2.92. The Hall–Kier alpha value is -1.10. The minimum atomic E-state index is -0.532. The summed E-state index contributed by atoms with van der Waals surface area (Å²) in [6.07, 6.45) is 0.0602. The lowest BCUT2D eigenvalue weighted by molar-refractivity contribution is -0.151. The summed E-state index contributed by atoms with van der Waals surface area (Å²) < 4.78 is 0. The molecule has 5 heteroatoms. The summed E-state index contributed by atoms with van der Waals surface area (Å²) in [5.41, 5.74) is 0. The van der Waals surface area contributed by atoms with Gasteiger partial charge in [0.1, 0.15) is 0 Å². The Bertz CT molecular complexity index is 255. The molecule has 1 aliphatic heterocycles. The maximum Gasteiger partial charge on any atom is 0.242 e. The van der Waals surface area contributed by atoms with Gasteiger partial charge < -0.3 is 14.9 Å². The van der Waals surface area contributed by atoms with Gasteiger partial charge in [-0.25, -0.2) is 0 Å². The molecule has 0 aromatic carbocycles. The largest absolute Gasteiger partial charge is 0.391 e. The van der Waals surface area contributed by atoms with E-state index in [0.717, 1.165) is 0 Å². The smallest absolute Gasteiger partial charge is 0.242 e. The van der Waals surface area contributed by atoms with E-state index in [0.29, 0.717) is 13.0 Å². The van der Waals surface area contributed by atoms with Gasteiger partial charge in [-0.3, -0.25) is 9.59 Å². The maximum absolute atomic E-state index is 11.6. The van der Waals surface area contributed by atoms with Gasteiger partial charge in [-0.2, -0.15) is 0 Å². The zero-order valence-corrected chi connectivity index (χ0v) is 9.27. The molecule has 2 amide bonds. The molecule has 1 aliphatic rings.